The van der Waals surface area contributed by atoms with Gasteiger partial charge < -0.3 is 15.3 Å². The lowest BCUT2D eigenvalue weighted by Crippen LogP contribution is -2.47. The SMILES string of the molecule is O=C1N(c2ccccc2)CC[C@@]1(O)CNCc1cc(F)cc(Cl)c1. The van der Waals surface area contributed by atoms with Gasteiger partial charge >= 0.3 is 0 Å². The van der Waals surface area contributed by atoms with E-state index in [-0.39, 0.29) is 12.5 Å². The molecule has 4 nitrogen and oxygen atoms in total. The summed E-state index contributed by atoms with van der Waals surface area (Å²) in [5.41, 5.74) is -0.0169. The molecule has 0 spiro atoms. The third-order valence-corrected chi connectivity index (χ3v) is 4.35. The van der Waals surface area contributed by atoms with E-state index in [1.807, 2.05) is 30.3 Å². The summed E-state index contributed by atoms with van der Waals surface area (Å²) in [4.78, 5) is 14.1. The Morgan fingerprint density at radius 3 is 2.71 bits per heavy atom. The van der Waals surface area contributed by atoms with Gasteiger partial charge in [0.15, 0.2) is 5.60 Å². The average molecular weight is 349 g/mol. The monoisotopic (exact) mass is 348 g/mol. The summed E-state index contributed by atoms with van der Waals surface area (Å²) in [5.74, 6) is -0.733. The minimum absolute atomic E-state index is 0.100. The first-order valence-electron chi connectivity index (χ1n) is 7.73. The van der Waals surface area contributed by atoms with E-state index in [1.54, 1.807) is 11.0 Å². The number of rotatable bonds is 5. The van der Waals surface area contributed by atoms with Gasteiger partial charge in [-0.3, -0.25) is 4.79 Å². The van der Waals surface area contributed by atoms with Crippen LogP contribution in [0.25, 0.3) is 0 Å². The fraction of sp³-hybridized carbons (Fsp3) is 0.278. The molecule has 0 radical (unpaired) electrons. The van der Waals surface area contributed by atoms with Gasteiger partial charge in [0, 0.05) is 36.8 Å². The van der Waals surface area contributed by atoms with Gasteiger partial charge in [-0.15, -0.1) is 0 Å². The number of nitrogens with one attached hydrogen (secondary N) is 1. The van der Waals surface area contributed by atoms with Crippen molar-refractivity contribution in [3.8, 4) is 0 Å². The van der Waals surface area contributed by atoms with Crippen LogP contribution < -0.4 is 10.2 Å². The number of aliphatic hydroxyl groups is 1. The predicted molar refractivity (Wildman–Crippen MR) is 91.5 cm³/mol. The molecular weight excluding hydrogens is 331 g/mol. The van der Waals surface area contributed by atoms with E-state index < -0.39 is 11.4 Å². The van der Waals surface area contributed by atoms with Crippen LogP contribution in [0.3, 0.4) is 0 Å². The molecule has 0 aliphatic carbocycles. The lowest BCUT2D eigenvalue weighted by molar-refractivity contribution is -0.132. The van der Waals surface area contributed by atoms with Gasteiger partial charge in [-0.1, -0.05) is 29.8 Å². The molecule has 1 fully saturated rings. The summed E-state index contributed by atoms with van der Waals surface area (Å²) in [5, 5.41) is 14.0. The molecule has 126 valence electrons. The summed E-state index contributed by atoms with van der Waals surface area (Å²) in [7, 11) is 0. The predicted octanol–water partition coefficient (Wildman–Crippen LogP) is 2.74. The number of carbonyl (C=O) groups excluding carboxylic acids is 1. The molecule has 0 saturated carbocycles. The van der Waals surface area contributed by atoms with Crippen LogP contribution in [0.5, 0.6) is 0 Å². The van der Waals surface area contributed by atoms with E-state index in [4.69, 9.17) is 11.6 Å². The van der Waals surface area contributed by atoms with Crippen LogP contribution in [0.2, 0.25) is 5.02 Å². The highest BCUT2D eigenvalue weighted by Gasteiger charge is 2.45. The number of nitrogens with zero attached hydrogens (tertiary/aromatic N) is 1. The first-order valence-corrected chi connectivity index (χ1v) is 8.11. The normalized spacial score (nSPS) is 20.6. The summed E-state index contributed by atoms with van der Waals surface area (Å²) < 4.78 is 13.3. The van der Waals surface area contributed by atoms with Gasteiger partial charge in [-0.25, -0.2) is 4.39 Å². The Bertz CT molecular complexity index is 721. The molecule has 1 aliphatic rings. The van der Waals surface area contributed by atoms with E-state index >= 15 is 0 Å². The van der Waals surface area contributed by atoms with Gasteiger partial charge in [-0.2, -0.15) is 0 Å². The molecule has 0 bridgehead atoms. The molecule has 3 rings (SSSR count). The van der Waals surface area contributed by atoms with Gasteiger partial charge in [0.1, 0.15) is 5.82 Å². The van der Waals surface area contributed by atoms with Gasteiger partial charge in [0.25, 0.3) is 5.91 Å². The van der Waals surface area contributed by atoms with Crippen molar-refractivity contribution in [1.82, 2.24) is 5.32 Å². The van der Waals surface area contributed by atoms with E-state index in [9.17, 15) is 14.3 Å². The number of benzene rings is 2. The lowest BCUT2D eigenvalue weighted by Gasteiger charge is -2.23. The number of amides is 1. The highest BCUT2D eigenvalue weighted by Crippen LogP contribution is 2.27. The number of anilines is 1. The number of halogens is 2. The molecule has 1 aliphatic heterocycles. The van der Waals surface area contributed by atoms with Crippen LogP contribution in [0.4, 0.5) is 10.1 Å². The van der Waals surface area contributed by atoms with Crippen molar-refractivity contribution in [3.05, 3.63) is 64.9 Å². The van der Waals surface area contributed by atoms with Crippen molar-refractivity contribution >= 4 is 23.2 Å². The van der Waals surface area contributed by atoms with Crippen molar-refractivity contribution in [2.45, 2.75) is 18.6 Å². The van der Waals surface area contributed by atoms with Gasteiger partial charge in [0.05, 0.1) is 0 Å². The van der Waals surface area contributed by atoms with E-state index in [0.717, 1.165) is 5.69 Å². The maximum absolute atomic E-state index is 13.3. The van der Waals surface area contributed by atoms with E-state index in [0.29, 0.717) is 30.1 Å². The Balaban J connectivity index is 1.62. The Morgan fingerprint density at radius 1 is 1.25 bits per heavy atom. The van der Waals surface area contributed by atoms with E-state index in [1.165, 1.54) is 12.1 Å². The van der Waals surface area contributed by atoms with Crippen LogP contribution in [0, 0.1) is 5.82 Å². The zero-order valence-corrected chi connectivity index (χ0v) is 13.8. The summed E-state index contributed by atoms with van der Waals surface area (Å²) in [6, 6.07) is 13.5. The fourth-order valence-electron chi connectivity index (χ4n) is 2.90. The van der Waals surface area contributed by atoms with Crippen LogP contribution in [0.15, 0.2) is 48.5 Å². The Hall–Kier alpha value is -1.95. The smallest absolute Gasteiger partial charge is 0.260 e. The Kier molecular flexibility index (Phi) is 4.85. The highest BCUT2D eigenvalue weighted by atomic mass is 35.5. The average Bonchev–Trinajstić information content (AvgIpc) is 2.83. The molecule has 1 saturated heterocycles. The molecule has 1 amide bonds. The summed E-state index contributed by atoms with van der Waals surface area (Å²) in [6.07, 6.45) is 0.345. The Morgan fingerprint density at radius 2 is 2.00 bits per heavy atom. The lowest BCUT2D eigenvalue weighted by atomic mass is 10.0. The van der Waals surface area contributed by atoms with Crippen molar-refractivity contribution in [2.24, 2.45) is 0 Å². The molecule has 0 aromatic heterocycles. The molecule has 24 heavy (non-hydrogen) atoms. The maximum Gasteiger partial charge on any atom is 0.260 e. The second-order valence-electron chi connectivity index (χ2n) is 5.96. The fourth-order valence-corrected chi connectivity index (χ4v) is 3.15. The molecule has 0 unspecified atom stereocenters. The largest absolute Gasteiger partial charge is 0.379 e. The van der Waals surface area contributed by atoms with Gasteiger partial charge in [-0.05, 0) is 35.9 Å². The van der Waals surface area contributed by atoms with Crippen molar-refractivity contribution < 1.29 is 14.3 Å². The first kappa shape index (κ1) is 16.9. The third-order valence-electron chi connectivity index (χ3n) is 4.13. The second kappa shape index (κ2) is 6.89. The minimum Gasteiger partial charge on any atom is -0.379 e. The minimum atomic E-state index is -1.45. The van der Waals surface area contributed by atoms with Crippen LogP contribution in [-0.4, -0.2) is 29.7 Å². The molecule has 2 aromatic carbocycles. The molecule has 2 N–H and O–H groups in total. The molecule has 1 atom stereocenters. The maximum atomic E-state index is 13.3. The number of para-hydroxylation sites is 1. The quantitative estimate of drug-likeness (QED) is 0.873. The first-order chi connectivity index (χ1) is 11.5. The number of carbonyl (C=O) groups is 1. The zero-order chi connectivity index (χ0) is 17.2. The van der Waals surface area contributed by atoms with Crippen molar-refractivity contribution in [1.29, 1.82) is 0 Å². The Labute approximate surface area is 144 Å². The van der Waals surface area contributed by atoms with E-state index in [2.05, 4.69) is 5.32 Å². The summed E-state index contributed by atoms with van der Waals surface area (Å²) in [6.45, 7) is 0.883. The number of hydrogen-bond donors (Lipinski definition) is 2. The summed E-state index contributed by atoms with van der Waals surface area (Å²) >= 11 is 5.82. The highest BCUT2D eigenvalue weighted by molar-refractivity contribution is 6.30. The van der Waals surface area contributed by atoms with Crippen LogP contribution in [0.1, 0.15) is 12.0 Å². The third kappa shape index (κ3) is 3.59. The standard InChI is InChI=1S/C18H18ClFN2O2/c19-14-8-13(9-15(20)10-14)11-21-12-18(24)6-7-22(17(18)23)16-4-2-1-3-5-16/h1-5,8-10,21,24H,6-7,11-12H2/t18-/m1/s1. The van der Waals surface area contributed by atoms with Crippen LogP contribution in [-0.2, 0) is 11.3 Å². The molecule has 6 heteroatoms. The molecular formula is C18H18ClFN2O2. The van der Waals surface area contributed by atoms with Crippen molar-refractivity contribution in [3.63, 3.8) is 0 Å². The van der Waals surface area contributed by atoms with Crippen molar-refractivity contribution in [2.75, 3.05) is 18.0 Å². The molecule has 2 aromatic rings. The van der Waals surface area contributed by atoms with Gasteiger partial charge in [0.2, 0.25) is 0 Å². The second-order valence-corrected chi connectivity index (χ2v) is 6.39. The zero-order valence-electron chi connectivity index (χ0n) is 13.0. The molecule has 1 heterocycles. The van der Waals surface area contributed by atoms with Crippen LogP contribution >= 0.6 is 11.6 Å². The topological polar surface area (TPSA) is 52.6 Å². The number of hydrogen-bond acceptors (Lipinski definition) is 3.